The lowest BCUT2D eigenvalue weighted by Crippen LogP contribution is -2.38. The van der Waals surface area contributed by atoms with Crippen LogP contribution in [-0.2, 0) is 4.74 Å². The average molecular weight is 306 g/mol. The maximum Gasteiger partial charge on any atom is 0.165 e. The third-order valence-corrected chi connectivity index (χ3v) is 4.40. The van der Waals surface area contributed by atoms with Crippen molar-refractivity contribution in [3.63, 3.8) is 0 Å². The van der Waals surface area contributed by atoms with Gasteiger partial charge in [-0.1, -0.05) is 12.1 Å². The molecule has 1 aromatic carbocycles. The smallest absolute Gasteiger partial charge is 0.165 e. The number of ether oxygens (including phenoxy) is 3. The molecule has 0 aromatic heterocycles. The molecule has 2 aliphatic heterocycles. The minimum atomic E-state index is 0.364. The van der Waals surface area contributed by atoms with Gasteiger partial charge in [0.15, 0.2) is 11.5 Å². The Hall–Kier alpha value is -1.30. The number of fused-ring (bicyclic) bond motifs is 1. The summed E-state index contributed by atoms with van der Waals surface area (Å²) >= 11 is 0. The zero-order valence-corrected chi connectivity index (χ0v) is 13.3. The number of morpholine rings is 1. The lowest BCUT2D eigenvalue weighted by molar-refractivity contribution is 0.0373. The van der Waals surface area contributed by atoms with Gasteiger partial charge in [-0.15, -0.1) is 0 Å². The van der Waals surface area contributed by atoms with Gasteiger partial charge in [-0.3, -0.25) is 4.90 Å². The Morgan fingerprint density at radius 3 is 2.95 bits per heavy atom. The molecule has 1 N–H and O–H groups in total. The van der Waals surface area contributed by atoms with Crippen LogP contribution in [0.25, 0.3) is 0 Å². The molecule has 0 radical (unpaired) electrons. The normalized spacial score (nSPS) is 22.0. The quantitative estimate of drug-likeness (QED) is 0.812. The van der Waals surface area contributed by atoms with Gasteiger partial charge in [0.05, 0.1) is 26.9 Å². The molecule has 5 heteroatoms. The van der Waals surface area contributed by atoms with E-state index in [1.54, 1.807) is 7.11 Å². The first-order valence-corrected chi connectivity index (χ1v) is 8.21. The van der Waals surface area contributed by atoms with Crippen LogP contribution in [0.15, 0.2) is 18.2 Å². The molecule has 0 amide bonds. The van der Waals surface area contributed by atoms with Crippen LogP contribution in [0.2, 0.25) is 0 Å². The van der Waals surface area contributed by atoms with E-state index in [2.05, 4.69) is 16.3 Å². The van der Waals surface area contributed by atoms with Crippen molar-refractivity contribution in [2.45, 2.75) is 18.9 Å². The van der Waals surface area contributed by atoms with Gasteiger partial charge in [-0.25, -0.2) is 0 Å². The van der Waals surface area contributed by atoms with E-state index in [-0.39, 0.29) is 0 Å². The van der Waals surface area contributed by atoms with Crippen molar-refractivity contribution in [2.24, 2.45) is 0 Å². The number of rotatable bonds is 6. The summed E-state index contributed by atoms with van der Waals surface area (Å²) in [5, 5.41) is 3.68. The maximum atomic E-state index is 5.79. The molecule has 0 bridgehead atoms. The van der Waals surface area contributed by atoms with E-state index in [0.717, 1.165) is 70.3 Å². The fourth-order valence-corrected chi connectivity index (χ4v) is 3.17. The van der Waals surface area contributed by atoms with E-state index in [1.807, 2.05) is 12.1 Å². The minimum Gasteiger partial charge on any atom is -0.493 e. The highest BCUT2D eigenvalue weighted by atomic mass is 16.5. The highest BCUT2D eigenvalue weighted by molar-refractivity contribution is 5.49. The van der Waals surface area contributed by atoms with Crippen LogP contribution in [0, 0.1) is 0 Å². The monoisotopic (exact) mass is 306 g/mol. The standard InChI is InChI=1S/C17H26N2O3/c1-20-16-5-2-4-14-15(6-11-22-17(14)16)18-7-3-8-19-9-12-21-13-10-19/h2,4-5,15,18H,3,6-13H2,1H3. The molecule has 3 rings (SSSR count). The Bertz CT molecular complexity index is 475. The summed E-state index contributed by atoms with van der Waals surface area (Å²) in [5.74, 6) is 1.74. The lowest BCUT2D eigenvalue weighted by Gasteiger charge is -2.29. The van der Waals surface area contributed by atoms with Gasteiger partial charge in [0.25, 0.3) is 0 Å². The third kappa shape index (κ3) is 3.72. The number of methoxy groups -OCH3 is 1. The van der Waals surface area contributed by atoms with Crippen molar-refractivity contribution in [1.82, 2.24) is 10.2 Å². The van der Waals surface area contributed by atoms with E-state index < -0.39 is 0 Å². The summed E-state index contributed by atoms with van der Waals surface area (Å²) in [7, 11) is 1.69. The van der Waals surface area contributed by atoms with E-state index in [1.165, 1.54) is 5.56 Å². The van der Waals surface area contributed by atoms with Gasteiger partial charge < -0.3 is 19.5 Å². The van der Waals surface area contributed by atoms with Crippen LogP contribution in [0.1, 0.15) is 24.4 Å². The van der Waals surface area contributed by atoms with Crippen LogP contribution in [0.5, 0.6) is 11.5 Å². The van der Waals surface area contributed by atoms with Crippen LogP contribution < -0.4 is 14.8 Å². The molecule has 2 aliphatic rings. The second-order valence-electron chi connectivity index (χ2n) is 5.83. The van der Waals surface area contributed by atoms with E-state index in [0.29, 0.717) is 6.04 Å². The fourth-order valence-electron chi connectivity index (χ4n) is 3.17. The summed E-state index contributed by atoms with van der Waals surface area (Å²) in [6.07, 6.45) is 2.17. The van der Waals surface area contributed by atoms with Gasteiger partial charge in [0.1, 0.15) is 0 Å². The molecule has 0 spiro atoms. The van der Waals surface area contributed by atoms with E-state index >= 15 is 0 Å². The van der Waals surface area contributed by atoms with Crippen molar-refractivity contribution < 1.29 is 14.2 Å². The van der Waals surface area contributed by atoms with Gasteiger partial charge >= 0.3 is 0 Å². The zero-order valence-electron chi connectivity index (χ0n) is 13.3. The van der Waals surface area contributed by atoms with Gasteiger partial charge in [0, 0.05) is 31.1 Å². The first kappa shape index (κ1) is 15.6. The van der Waals surface area contributed by atoms with E-state index in [4.69, 9.17) is 14.2 Å². The Morgan fingerprint density at radius 2 is 2.14 bits per heavy atom. The average Bonchev–Trinajstić information content (AvgIpc) is 2.59. The summed E-state index contributed by atoms with van der Waals surface area (Å²) < 4.78 is 16.6. The maximum absolute atomic E-state index is 5.79. The predicted octanol–water partition coefficient (Wildman–Crippen LogP) is 1.83. The Labute approximate surface area is 132 Å². The molecular weight excluding hydrogens is 280 g/mol. The van der Waals surface area contributed by atoms with Crippen LogP contribution in [-0.4, -0.2) is 58.0 Å². The number of para-hydroxylation sites is 1. The van der Waals surface area contributed by atoms with Gasteiger partial charge in [0.2, 0.25) is 0 Å². The summed E-state index contributed by atoms with van der Waals surface area (Å²) in [5.41, 5.74) is 1.22. The zero-order chi connectivity index (χ0) is 15.2. The molecule has 2 heterocycles. The van der Waals surface area contributed by atoms with Crippen molar-refractivity contribution in [2.75, 3.05) is 53.1 Å². The molecule has 1 unspecified atom stereocenters. The molecular formula is C17H26N2O3. The molecule has 1 saturated heterocycles. The largest absolute Gasteiger partial charge is 0.493 e. The molecule has 22 heavy (non-hydrogen) atoms. The number of hydrogen-bond donors (Lipinski definition) is 1. The first-order chi connectivity index (χ1) is 10.9. The highest BCUT2D eigenvalue weighted by Gasteiger charge is 2.23. The van der Waals surface area contributed by atoms with Crippen molar-refractivity contribution in [1.29, 1.82) is 0 Å². The van der Waals surface area contributed by atoms with Crippen LogP contribution in [0.3, 0.4) is 0 Å². The van der Waals surface area contributed by atoms with Crippen LogP contribution >= 0.6 is 0 Å². The number of nitrogens with zero attached hydrogens (tertiary/aromatic N) is 1. The second kappa shape index (κ2) is 7.81. The topological polar surface area (TPSA) is 43.0 Å². The van der Waals surface area contributed by atoms with Gasteiger partial charge in [-0.05, 0) is 25.6 Å². The Morgan fingerprint density at radius 1 is 1.27 bits per heavy atom. The van der Waals surface area contributed by atoms with Crippen LogP contribution in [0.4, 0.5) is 0 Å². The number of hydrogen-bond acceptors (Lipinski definition) is 5. The fraction of sp³-hybridized carbons (Fsp3) is 0.647. The first-order valence-electron chi connectivity index (χ1n) is 8.21. The van der Waals surface area contributed by atoms with Gasteiger partial charge in [-0.2, -0.15) is 0 Å². The molecule has 5 nitrogen and oxygen atoms in total. The van der Waals surface area contributed by atoms with Crippen molar-refractivity contribution >= 4 is 0 Å². The summed E-state index contributed by atoms with van der Waals surface area (Å²) in [4.78, 5) is 2.48. The predicted molar refractivity (Wildman–Crippen MR) is 85.7 cm³/mol. The van der Waals surface area contributed by atoms with E-state index in [9.17, 15) is 0 Å². The Balaban J connectivity index is 1.49. The summed E-state index contributed by atoms with van der Waals surface area (Å²) in [6.45, 7) is 6.80. The minimum absolute atomic E-state index is 0.364. The molecule has 1 fully saturated rings. The second-order valence-corrected chi connectivity index (χ2v) is 5.83. The molecule has 1 atom stereocenters. The molecule has 122 valence electrons. The molecule has 1 aromatic rings. The lowest BCUT2D eigenvalue weighted by atomic mass is 10.00. The third-order valence-electron chi connectivity index (χ3n) is 4.40. The van der Waals surface area contributed by atoms with Crippen molar-refractivity contribution in [3.8, 4) is 11.5 Å². The molecule has 0 aliphatic carbocycles. The Kier molecular flexibility index (Phi) is 5.53. The summed E-state index contributed by atoms with van der Waals surface area (Å²) in [6, 6.07) is 6.49. The van der Waals surface area contributed by atoms with Crippen molar-refractivity contribution in [3.05, 3.63) is 23.8 Å². The molecule has 0 saturated carbocycles. The SMILES string of the molecule is COc1cccc2c1OCCC2NCCCN1CCOCC1. The highest BCUT2D eigenvalue weighted by Crippen LogP contribution is 2.39. The number of nitrogens with one attached hydrogen (secondary N) is 1. The number of benzene rings is 1.